The Morgan fingerprint density at radius 2 is 0.571 bits per heavy atom. The summed E-state index contributed by atoms with van der Waals surface area (Å²) in [5, 5.41) is 0. The zero-order chi connectivity index (χ0) is 45.8. The number of hydrogen-bond donors (Lipinski definition) is 0. The summed E-state index contributed by atoms with van der Waals surface area (Å²) in [5.74, 6) is -1.03. The molecule has 63 heavy (non-hydrogen) atoms. The molecule has 0 bridgehead atoms. The Balaban J connectivity index is 4.60. The van der Waals surface area contributed by atoms with E-state index in [1.807, 2.05) is 91.1 Å². The fourth-order valence-electron chi connectivity index (χ4n) is 5.78. The predicted octanol–water partition coefficient (Wildman–Crippen LogP) is 15.9. The number of allylic oxidation sites excluding steroid dienone is 26. The molecule has 0 N–H and O–H groups in total. The fraction of sp³-hybridized carbons (Fsp3) is 0.491. The van der Waals surface area contributed by atoms with Crippen LogP contribution in [0.3, 0.4) is 0 Å². The number of unbranched alkanes of at least 4 members (excludes halogenated alkanes) is 13. The lowest BCUT2D eigenvalue weighted by Crippen LogP contribution is -2.30. The van der Waals surface area contributed by atoms with Crippen LogP contribution in [-0.2, 0) is 28.6 Å². The summed E-state index contributed by atoms with van der Waals surface area (Å²) in [6, 6.07) is 0. The second-order valence-corrected chi connectivity index (χ2v) is 15.2. The Bertz CT molecular complexity index is 1510. The summed E-state index contributed by atoms with van der Waals surface area (Å²) in [7, 11) is 0. The van der Waals surface area contributed by atoms with Gasteiger partial charge in [0.05, 0.1) is 0 Å². The van der Waals surface area contributed by atoms with Crippen molar-refractivity contribution in [2.75, 3.05) is 13.2 Å². The molecule has 0 saturated heterocycles. The quantitative estimate of drug-likeness (QED) is 0.0264. The number of esters is 3. The second-order valence-electron chi connectivity index (χ2n) is 15.2. The van der Waals surface area contributed by atoms with E-state index in [0.717, 1.165) is 116 Å². The van der Waals surface area contributed by atoms with E-state index in [1.165, 1.54) is 0 Å². The molecule has 348 valence electrons. The van der Waals surface area contributed by atoms with E-state index in [4.69, 9.17) is 14.2 Å². The van der Waals surface area contributed by atoms with Crippen LogP contribution < -0.4 is 0 Å². The maximum atomic E-state index is 12.8. The number of rotatable bonds is 40. The lowest BCUT2D eigenvalue weighted by Gasteiger charge is -2.18. The van der Waals surface area contributed by atoms with Gasteiger partial charge >= 0.3 is 17.9 Å². The largest absolute Gasteiger partial charge is 0.462 e. The van der Waals surface area contributed by atoms with Crippen molar-refractivity contribution < 1.29 is 28.6 Å². The summed E-state index contributed by atoms with van der Waals surface area (Å²) in [5.41, 5.74) is 0. The van der Waals surface area contributed by atoms with E-state index in [1.54, 1.807) is 0 Å². The number of carbonyl (C=O) groups is 3. The zero-order valence-electron chi connectivity index (χ0n) is 39.5. The maximum Gasteiger partial charge on any atom is 0.306 e. The third kappa shape index (κ3) is 47.9. The second kappa shape index (κ2) is 49.7. The Hall–Kier alpha value is -4.97. The molecule has 0 aliphatic rings. The molecule has 0 radical (unpaired) electrons. The molecule has 0 rings (SSSR count). The van der Waals surface area contributed by atoms with Crippen molar-refractivity contribution in [3.63, 3.8) is 0 Å². The normalized spacial score (nSPS) is 13.5. The van der Waals surface area contributed by atoms with E-state index >= 15 is 0 Å². The summed E-state index contributed by atoms with van der Waals surface area (Å²) in [4.78, 5) is 37.9. The molecule has 0 saturated carbocycles. The average Bonchev–Trinajstić information content (AvgIpc) is 3.28. The van der Waals surface area contributed by atoms with Gasteiger partial charge in [0, 0.05) is 19.3 Å². The summed E-state index contributed by atoms with van der Waals surface area (Å²) >= 11 is 0. The lowest BCUT2D eigenvalue weighted by atomic mass is 10.1. The van der Waals surface area contributed by atoms with Crippen LogP contribution in [0, 0.1) is 0 Å². The molecule has 6 heteroatoms. The Kier molecular flexibility index (Phi) is 45.8. The van der Waals surface area contributed by atoms with Gasteiger partial charge in [-0.05, 0) is 77.0 Å². The van der Waals surface area contributed by atoms with Crippen LogP contribution in [0.1, 0.15) is 162 Å². The van der Waals surface area contributed by atoms with Crippen LogP contribution in [0.15, 0.2) is 158 Å². The van der Waals surface area contributed by atoms with Gasteiger partial charge in [-0.1, -0.05) is 224 Å². The van der Waals surface area contributed by atoms with Crippen molar-refractivity contribution in [1.82, 2.24) is 0 Å². The number of carbonyl (C=O) groups excluding carboxylic acids is 3. The minimum Gasteiger partial charge on any atom is -0.462 e. The van der Waals surface area contributed by atoms with Gasteiger partial charge in [0.25, 0.3) is 0 Å². The fourth-order valence-corrected chi connectivity index (χ4v) is 5.78. The van der Waals surface area contributed by atoms with E-state index in [9.17, 15) is 14.4 Å². The van der Waals surface area contributed by atoms with Crippen LogP contribution in [0.25, 0.3) is 0 Å². The molecular formula is C57H84O6. The zero-order valence-corrected chi connectivity index (χ0v) is 39.5. The van der Waals surface area contributed by atoms with Crippen molar-refractivity contribution in [1.29, 1.82) is 0 Å². The molecule has 0 heterocycles. The molecular weight excluding hydrogens is 781 g/mol. The third-order valence-electron chi connectivity index (χ3n) is 9.33. The highest BCUT2D eigenvalue weighted by atomic mass is 16.6. The molecule has 0 aromatic heterocycles. The highest BCUT2D eigenvalue weighted by molar-refractivity contribution is 5.71. The van der Waals surface area contributed by atoms with Crippen molar-refractivity contribution in [2.45, 2.75) is 168 Å². The lowest BCUT2D eigenvalue weighted by molar-refractivity contribution is -0.167. The van der Waals surface area contributed by atoms with Crippen LogP contribution in [-0.4, -0.2) is 37.2 Å². The molecule has 0 aliphatic heterocycles. The van der Waals surface area contributed by atoms with Crippen LogP contribution in [0.4, 0.5) is 0 Å². The summed E-state index contributed by atoms with van der Waals surface area (Å²) in [6.45, 7) is 6.10. The first-order valence-electron chi connectivity index (χ1n) is 24.2. The number of ether oxygens (including phenoxy) is 3. The third-order valence-corrected chi connectivity index (χ3v) is 9.33. The van der Waals surface area contributed by atoms with Gasteiger partial charge in [0.1, 0.15) is 13.2 Å². The van der Waals surface area contributed by atoms with Gasteiger partial charge in [-0.3, -0.25) is 14.4 Å². The first-order chi connectivity index (χ1) is 31.0. The van der Waals surface area contributed by atoms with Crippen molar-refractivity contribution in [3.8, 4) is 0 Å². The Morgan fingerprint density at radius 1 is 0.317 bits per heavy atom. The topological polar surface area (TPSA) is 78.9 Å². The van der Waals surface area contributed by atoms with Gasteiger partial charge in [0.2, 0.25) is 0 Å². The maximum absolute atomic E-state index is 12.8. The first-order valence-corrected chi connectivity index (χ1v) is 24.2. The van der Waals surface area contributed by atoms with E-state index in [-0.39, 0.29) is 44.0 Å². The molecule has 0 aromatic carbocycles. The molecule has 0 aliphatic carbocycles. The van der Waals surface area contributed by atoms with Gasteiger partial charge in [0.15, 0.2) is 6.10 Å². The van der Waals surface area contributed by atoms with Crippen LogP contribution >= 0.6 is 0 Å². The highest BCUT2D eigenvalue weighted by Crippen LogP contribution is 2.12. The monoisotopic (exact) mass is 865 g/mol. The van der Waals surface area contributed by atoms with Gasteiger partial charge in [-0.25, -0.2) is 0 Å². The van der Waals surface area contributed by atoms with Crippen molar-refractivity contribution in [2.24, 2.45) is 0 Å². The number of hydrogen-bond acceptors (Lipinski definition) is 6. The van der Waals surface area contributed by atoms with Gasteiger partial charge < -0.3 is 14.2 Å². The molecule has 1 atom stereocenters. The minimum atomic E-state index is -0.825. The Labute approximate surface area is 384 Å². The van der Waals surface area contributed by atoms with Crippen LogP contribution in [0.5, 0.6) is 0 Å². The van der Waals surface area contributed by atoms with Crippen LogP contribution in [0.2, 0.25) is 0 Å². The molecule has 0 amide bonds. The SMILES string of the molecule is CC/C=C/C=C/C=C/C=C/C=C/C=C/CCCCCC(=O)OCC(COC(=O)CCCCCCC/C=C/C=C/C=C/CC)OC(=O)CCCCCCC/C=C/C=C/C=C/C=C/CC. The Morgan fingerprint density at radius 3 is 0.905 bits per heavy atom. The molecule has 0 spiro atoms. The molecule has 0 aromatic rings. The van der Waals surface area contributed by atoms with E-state index in [0.29, 0.717) is 12.8 Å². The van der Waals surface area contributed by atoms with Crippen molar-refractivity contribution in [3.05, 3.63) is 158 Å². The van der Waals surface area contributed by atoms with Gasteiger partial charge in [-0.2, -0.15) is 0 Å². The molecule has 1 unspecified atom stereocenters. The first kappa shape index (κ1) is 58.0. The smallest absolute Gasteiger partial charge is 0.306 e. The molecule has 0 fully saturated rings. The summed E-state index contributed by atoms with van der Waals surface area (Å²) < 4.78 is 16.7. The van der Waals surface area contributed by atoms with Crippen molar-refractivity contribution >= 4 is 17.9 Å². The molecule has 6 nitrogen and oxygen atoms in total. The van der Waals surface area contributed by atoms with E-state index in [2.05, 4.69) is 87.6 Å². The minimum absolute atomic E-state index is 0.122. The van der Waals surface area contributed by atoms with Gasteiger partial charge in [-0.15, -0.1) is 0 Å². The van der Waals surface area contributed by atoms with E-state index < -0.39 is 6.10 Å². The highest BCUT2D eigenvalue weighted by Gasteiger charge is 2.19. The predicted molar refractivity (Wildman–Crippen MR) is 269 cm³/mol. The standard InChI is InChI=1S/C57H84O6/c1-4-7-10-13-16-19-22-25-27-28-30-32-35-38-41-44-47-50-56(59)62-53-54(52-61-55(58)49-46-43-40-37-34-31-24-21-18-15-12-9-6-3)63-57(60)51-48-45-42-39-36-33-29-26-23-20-17-14-11-8-5-2/h7-30,32,35,54H,4-6,31,33-34,36-53H2,1-3H3/b10-7+,11-8+,12-9+,16-13+,17-14+,18-15+,22-19+,23-20+,24-21+,27-25+,29-26+,30-28+,35-32+. The average molecular weight is 865 g/mol. The summed E-state index contributed by atoms with van der Waals surface area (Å²) in [6.07, 6.45) is 72.2.